The Bertz CT molecular complexity index is 693. The van der Waals surface area contributed by atoms with Crippen LogP contribution in [0.25, 0.3) is 0 Å². The smallest absolute Gasteiger partial charge is 0.387 e. The molecule has 0 radical (unpaired) electrons. The zero-order valence-corrected chi connectivity index (χ0v) is 13.2. The quantitative estimate of drug-likeness (QED) is 0.601. The fourth-order valence-corrected chi connectivity index (χ4v) is 2.10. The van der Waals surface area contributed by atoms with Crippen LogP contribution in [0.2, 0.25) is 0 Å². The van der Waals surface area contributed by atoms with Crippen LogP contribution in [0.1, 0.15) is 11.1 Å². The summed E-state index contributed by atoms with van der Waals surface area (Å²) in [4.78, 5) is 4.21. The first-order chi connectivity index (χ1) is 11.6. The van der Waals surface area contributed by atoms with Crippen LogP contribution in [0, 0.1) is 0 Å². The molecule has 3 N–H and O–H groups in total. The van der Waals surface area contributed by atoms with E-state index in [2.05, 4.69) is 15.0 Å². The van der Waals surface area contributed by atoms with Crippen molar-refractivity contribution >= 4 is 11.6 Å². The number of nitrogens with two attached hydrogens (primary N) is 1. The molecule has 0 spiro atoms. The number of nitrogens with one attached hydrogen (secondary N) is 1. The fraction of sp³-hybridized carbons (Fsp3) is 0.235. The van der Waals surface area contributed by atoms with Crippen molar-refractivity contribution in [3.05, 3.63) is 59.7 Å². The van der Waals surface area contributed by atoms with E-state index in [4.69, 9.17) is 10.5 Å². The minimum atomic E-state index is -2.85. The summed E-state index contributed by atoms with van der Waals surface area (Å²) in [6, 6.07) is 13.9. The Balaban J connectivity index is 2.02. The topological polar surface area (TPSA) is 68.9 Å². The van der Waals surface area contributed by atoms with E-state index >= 15 is 0 Å². The number of aliphatic imine (C=N–C) groups is 1. The highest BCUT2D eigenvalue weighted by Crippen LogP contribution is 2.17. The summed E-state index contributed by atoms with van der Waals surface area (Å²) in [5.74, 6) is 0.313. The summed E-state index contributed by atoms with van der Waals surface area (Å²) in [6.07, 6.45) is 0. The molecule has 0 unspecified atom stereocenters. The number of benzene rings is 2. The van der Waals surface area contributed by atoms with Crippen LogP contribution in [-0.4, -0.2) is 19.7 Å². The maximum Gasteiger partial charge on any atom is 0.387 e. The molecule has 0 bridgehead atoms. The monoisotopic (exact) mass is 335 g/mol. The second-order valence-electron chi connectivity index (χ2n) is 4.94. The van der Waals surface area contributed by atoms with E-state index in [1.54, 1.807) is 19.2 Å². The van der Waals surface area contributed by atoms with Gasteiger partial charge in [-0.05, 0) is 23.8 Å². The molecule has 0 saturated carbocycles. The van der Waals surface area contributed by atoms with E-state index in [1.165, 1.54) is 12.1 Å². The SMILES string of the molecule is COCc1ccccc1NC(N)=NCc1cccc(OC(F)F)c1. The standard InChI is InChI=1S/C17H19F2N3O2/c1-23-11-13-6-2-3-8-15(13)22-17(20)21-10-12-5-4-7-14(9-12)24-16(18)19/h2-9,16H,10-11H2,1H3,(H3,20,21,22). The number of anilines is 1. The number of nitrogens with zero attached hydrogens (tertiary/aromatic N) is 1. The van der Waals surface area contributed by atoms with Gasteiger partial charge in [-0.2, -0.15) is 8.78 Å². The lowest BCUT2D eigenvalue weighted by Gasteiger charge is -2.11. The number of para-hydroxylation sites is 1. The molecule has 0 fully saturated rings. The molecular weight excluding hydrogens is 316 g/mol. The van der Waals surface area contributed by atoms with Crippen molar-refractivity contribution in [2.24, 2.45) is 10.7 Å². The van der Waals surface area contributed by atoms with Crippen molar-refractivity contribution in [3.63, 3.8) is 0 Å². The Morgan fingerprint density at radius 2 is 2.00 bits per heavy atom. The van der Waals surface area contributed by atoms with Gasteiger partial charge in [-0.1, -0.05) is 30.3 Å². The van der Waals surface area contributed by atoms with Gasteiger partial charge in [0.2, 0.25) is 0 Å². The van der Waals surface area contributed by atoms with Crippen LogP contribution in [0.4, 0.5) is 14.5 Å². The highest BCUT2D eigenvalue weighted by Gasteiger charge is 2.05. The third kappa shape index (κ3) is 5.51. The number of ether oxygens (including phenoxy) is 2. The molecule has 2 aromatic carbocycles. The van der Waals surface area contributed by atoms with Crippen LogP contribution < -0.4 is 15.8 Å². The van der Waals surface area contributed by atoms with Crippen molar-refractivity contribution in [3.8, 4) is 5.75 Å². The summed E-state index contributed by atoms with van der Waals surface area (Å²) in [5.41, 5.74) is 8.35. The van der Waals surface area contributed by atoms with E-state index in [9.17, 15) is 8.78 Å². The second-order valence-corrected chi connectivity index (χ2v) is 4.94. The minimum Gasteiger partial charge on any atom is -0.435 e. The van der Waals surface area contributed by atoms with Crippen LogP contribution >= 0.6 is 0 Å². The van der Waals surface area contributed by atoms with Gasteiger partial charge in [-0.3, -0.25) is 0 Å². The van der Waals surface area contributed by atoms with Gasteiger partial charge in [-0.25, -0.2) is 4.99 Å². The first-order valence-electron chi connectivity index (χ1n) is 7.26. The number of methoxy groups -OCH3 is 1. The zero-order chi connectivity index (χ0) is 17.4. The van der Waals surface area contributed by atoms with Crippen molar-refractivity contribution in [2.75, 3.05) is 12.4 Å². The number of alkyl halides is 2. The van der Waals surface area contributed by atoms with Gasteiger partial charge in [0.15, 0.2) is 5.96 Å². The summed E-state index contributed by atoms with van der Waals surface area (Å²) in [7, 11) is 1.61. The second kappa shape index (κ2) is 8.83. The molecule has 0 aliphatic rings. The van der Waals surface area contributed by atoms with Crippen molar-refractivity contribution in [1.82, 2.24) is 0 Å². The fourth-order valence-electron chi connectivity index (χ4n) is 2.10. The molecule has 0 heterocycles. The minimum absolute atomic E-state index is 0.0923. The van der Waals surface area contributed by atoms with Gasteiger partial charge >= 0.3 is 6.61 Å². The van der Waals surface area contributed by atoms with Crippen LogP contribution in [-0.2, 0) is 17.9 Å². The lowest BCUT2D eigenvalue weighted by atomic mass is 10.2. The third-order valence-electron chi connectivity index (χ3n) is 3.14. The molecule has 0 amide bonds. The summed E-state index contributed by atoms with van der Waals surface area (Å²) in [5, 5.41) is 3.01. The summed E-state index contributed by atoms with van der Waals surface area (Å²) < 4.78 is 33.9. The molecule has 128 valence electrons. The number of guanidine groups is 1. The van der Waals surface area contributed by atoms with Crippen molar-refractivity contribution < 1.29 is 18.3 Å². The molecule has 2 aromatic rings. The molecule has 7 heteroatoms. The molecule has 0 atom stereocenters. The van der Waals surface area contributed by atoms with Crippen LogP contribution in [0.3, 0.4) is 0 Å². The number of hydrogen-bond donors (Lipinski definition) is 2. The molecule has 0 saturated heterocycles. The summed E-state index contributed by atoms with van der Waals surface area (Å²) >= 11 is 0. The van der Waals surface area contributed by atoms with Crippen LogP contribution in [0.15, 0.2) is 53.5 Å². The Hall–Kier alpha value is -2.67. The Kier molecular flexibility index (Phi) is 6.51. The number of hydrogen-bond acceptors (Lipinski definition) is 3. The Morgan fingerprint density at radius 3 is 2.75 bits per heavy atom. The van der Waals surface area contributed by atoms with E-state index in [1.807, 2.05) is 24.3 Å². The first-order valence-corrected chi connectivity index (χ1v) is 7.26. The van der Waals surface area contributed by atoms with Gasteiger partial charge in [-0.15, -0.1) is 0 Å². The molecule has 24 heavy (non-hydrogen) atoms. The van der Waals surface area contributed by atoms with E-state index in [0.29, 0.717) is 12.2 Å². The molecular formula is C17H19F2N3O2. The summed E-state index contributed by atoms with van der Waals surface area (Å²) in [6.45, 7) is -2.16. The maximum absolute atomic E-state index is 12.2. The maximum atomic E-state index is 12.2. The normalized spacial score (nSPS) is 11.6. The first kappa shape index (κ1) is 17.7. The van der Waals surface area contributed by atoms with Gasteiger partial charge in [0.05, 0.1) is 13.2 Å². The van der Waals surface area contributed by atoms with Gasteiger partial charge < -0.3 is 20.5 Å². The molecule has 5 nitrogen and oxygen atoms in total. The lowest BCUT2D eigenvalue weighted by Crippen LogP contribution is -2.23. The predicted molar refractivity (Wildman–Crippen MR) is 89.2 cm³/mol. The molecule has 0 aliphatic carbocycles. The van der Waals surface area contributed by atoms with Crippen molar-refractivity contribution in [2.45, 2.75) is 19.8 Å². The lowest BCUT2D eigenvalue weighted by molar-refractivity contribution is -0.0498. The molecule has 0 aromatic heterocycles. The van der Waals surface area contributed by atoms with Gasteiger partial charge in [0.1, 0.15) is 5.75 Å². The van der Waals surface area contributed by atoms with E-state index in [-0.39, 0.29) is 18.3 Å². The highest BCUT2D eigenvalue weighted by molar-refractivity contribution is 5.92. The number of rotatable bonds is 7. The predicted octanol–water partition coefficient (Wildman–Crippen LogP) is 3.36. The average Bonchev–Trinajstić information content (AvgIpc) is 2.55. The number of halogens is 2. The molecule has 2 rings (SSSR count). The third-order valence-corrected chi connectivity index (χ3v) is 3.14. The Morgan fingerprint density at radius 1 is 1.21 bits per heavy atom. The van der Waals surface area contributed by atoms with E-state index in [0.717, 1.165) is 11.3 Å². The van der Waals surface area contributed by atoms with E-state index < -0.39 is 6.61 Å². The zero-order valence-electron chi connectivity index (χ0n) is 13.2. The van der Waals surface area contributed by atoms with Crippen molar-refractivity contribution in [1.29, 1.82) is 0 Å². The highest BCUT2D eigenvalue weighted by atomic mass is 19.3. The van der Waals surface area contributed by atoms with Gasteiger partial charge in [0, 0.05) is 18.4 Å². The Labute approximate surface area is 139 Å². The largest absolute Gasteiger partial charge is 0.435 e. The average molecular weight is 335 g/mol. The van der Waals surface area contributed by atoms with Crippen LogP contribution in [0.5, 0.6) is 5.75 Å². The molecule has 0 aliphatic heterocycles. The van der Waals surface area contributed by atoms with Gasteiger partial charge in [0.25, 0.3) is 0 Å².